The predicted octanol–water partition coefficient (Wildman–Crippen LogP) is 5.18. The van der Waals surface area contributed by atoms with Gasteiger partial charge in [-0.2, -0.15) is 0 Å². The number of carbonyl (C=O) groups excluding carboxylic acids is 2. The van der Waals surface area contributed by atoms with Crippen molar-refractivity contribution < 1.29 is 14.3 Å². The molecule has 0 radical (unpaired) electrons. The number of hydrogen-bond acceptors (Lipinski definition) is 6. The Morgan fingerprint density at radius 3 is 2.54 bits per heavy atom. The Bertz CT molecular complexity index is 1550. The smallest absolute Gasteiger partial charge is 0.321 e. The molecule has 3 amide bonds. The summed E-state index contributed by atoms with van der Waals surface area (Å²) in [6.45, 7) is 8.13. The van der Waals surface area contributed by atoms with Crippen LogP contribution >= 0.6 is 0 Å². The summed E-state index contributed by atoms with van der Waals surface area (Å²) < 4.78 is 7.32. The first-order valence-electron chi connectivity index (χ1n) is 14.2. The van der Waals surface area contributed by atoms with Crippen LogP contribution in [-0.4, -0.2) is 75.5 Å². The number of aromatic nitrogens is 3. The van der Waals surface area contributed by atoms with Gasteiger partial charge in [-0.1, -0.05) is 19.1 Å². The number of hydrogen-bond donors (Lipinski definition) is 2. The molecule has 0 atom stereocenters. The average Bonchev–Trinajstić information content (AvgIpc) is 3.48. The molecule has 4 aromatic rings. The SMILES string of the molecule is Cc1c(NC(=O)N2CCC(C)CC2)cccc1-c1cc(Nc2ccc(C(=O)N3CCOCC3)cn2)c2nccn2c1. The molecule has 212 valence electrons. The highest BCUT2D eigenvalue weighted by atomic mass is 16.5. The number of imidazole rings is 1. The first kappa shape index (κ1) is 26.8. The van der Waals surface area contributed by atoms with E-state index in [4.69, 9.17) is 4.74 Å². The zero-order valence-corrected chi connectivity index (χ0v) is 23.5. The van der Waals surface area contributed by atoms with E-state index < -0.39 is 0 Å². The molecule has 10 heteroatoms. The van der Waals surface area contributed by atoms with E-state index in [1.165, 1.54) is 0 Å². The predicted molar refractivity (Wildman–Crippen MR) is 159 cm³/mol. The molecule has 0 spiro atoms. The maximum absolute atomic E-state index is 13.0. The number of urea groups is 1. The minimum Gasteiger partial charge on any atom is -0.378 e. The molecule has 5 heterocycles. The Kier molecular flexibility index (Phi) is 7.56. The van der Waals surface area contributed by atoms with Crippen LogP contribution in [0.2, 0.25) is 0 Å². The molecule has 0 saturated carbocycles. The molecule has 6 rings (SSSR count). The standard InChI is InChI=1S/C31H35N7O3/c1-21-8-11-37(12-9-21)31(40)35-26-5-3-4-25(22(26)2)24-18-27(29-32-10-13-38(29)20-24)34-28-7-6-23(19-33-28)30(39)36-14-16-41-17-15-36/h3-7,10,13,18-21H,8-9,11-12,14-17H2,1-2H3,(H,33,34)(H,35,40). The van der Waals surface area contributed by atoms with E-state index in [1.54, 1.807) is 23.4 Å². The molecule has 10 nitrogen and oxygen atoms in total. The van der Waals surface area contributed by atoms with Crippen molar-refractivity contribution in [3.63, 3.8) is 0 Å². The van der Waals surface area contributed by atoms with Gasteiger partial charge in [0, 0.05) is 62.2 Å². The topological polar surface area (TPSA) is 104 Å². The van der Waals surface area contributed by atoms with Crippen LogP contribution in [0.25, 0.3) is 16.8 Å². The Labute approximate surface area is 239 Å². The van der Waals surface area contributed by atoms with Crippen molar-refractivity contribution in [2.24, 2.45) is 5.92 Å². The molecule has 2 aliphatic heterocycles. The number of carbonyl (C=O) groups is 2. The number of benzene rings is 1. The molecular formula is C31H35N7O3. The Balaban J connectivity index is 1.23. The lowest BCUT2D eigenvalue weighted by Gasteiger charge is -2.30. The molecule has 0 unspecified atom stereocenters. The molecule has 2 fully saturated rings. The number of anilines is 3. The van der Waals surface area contributed by atoms with E-state index in [-0.39, 0.29) is 11.9 Å². The number of nitrogens with one attached hydrogen (secondary N) is 2. The van der Waals surface area contributed by atoms with Gasteiger partial charge in [0.2, 0.25) is 0 Å². The number of piperidine rings is 1. The minimum absolute atomic E-state index is 0.0395. The van der Waals surface area contributed by atoms with E-state index in [1.807, 2.05) is 52.9 Å². The van der Waals surface area contributed by atoms with Crippen LogP contribution < -0.4 is 10.6 Å². The van der Waals surface area contributed by atoms with Crippen molar-refractivity contribution in [3.05, 3.63) is 72.3 Å². The van der Waals surface area contributed by atoms with Gasteiger partial charge >= 0.3 is 6.03 Å². The summed E-state index contributed by atoms with van der Waals surface area (Å²) in [5.74, 6) is 1.23. The lowest BCUT2D eigenvalue weighted by atomic mass is 9.99. The van der Waals surface area contributed by atoms with Crippen molar-refractivity contribution in [3.8, 4) is 11.1 Å². The van der Waals surface area contributed by atoms with E-state index in [9.17, 15) is 9.59 Å². The third-order valence-corrected chi connectivity index (χ3v) is 8.02. The molecular weight excluding hydrogens is 518 g/mol. The Hall–Kier alpha value is -4.44. The minimum atomic E-state index is -0.0498. The summed E-state index contributed by atoms with van der Waals surface area (Å²) in [5.41, 5.74) is 5.85. The highest BCUT2D eigenvalue weighted by Crippen LogP contribution is 2.33. The molecule has 0 aliphatic carbocycles. The fourth-order valence-electron chi connectivity index (χ4n) is 5.44. The van der Waals surface area contributed by atoms with Crippen molar-refractivity contribution in [1.82, 2.24) is 24.2 Å². The quantitative estimate of drug-likeness (QED) is 0.353. The van der Waals surface area contributed by atoms with Crippen molar-refractivity contribution in [1.29, 1.82) is 0 Å². The molecule has 3 aromatic heterocycles. The summed E-state index contributed by atoms with van der Waals surface area (Å²) in [5, 5.41) is 6.52. The maximum atomic E-state index is 13.0. The fraction of sp³-hybridized carbons (Fsp3) is 0.355. The summed E-state index contributed by atoms with van der Waals surface area (Å²) >= 11 is 0. The molecule has 41 heavy (non-hydrogen) atoms. The van der Waals surface area contributed by atoms with Crippen molar-refractivity contribution in [2.45, 2.75) is 26.7 Å². The molecule has 0 bridgehead atoms. The van der Waals surface area contributed by atoms with Crippen LogP contribution in [-0.2, 0) is 4.74 Å². The molecule has 1 aromatic carbocycles. The first-order valence-corrected chi connectivity index (χ1v) is 14.2. The third kappa shape index (κ3) is 5.74. The van der Waals surface area contributed by atoms with Gasteiger partial charge < -0.3 is 29.6 Å². The average molecular weight is 554 g/mol. The number of morpholine rings is 1. The van der Waals surface area contributed by atoms with Crippen LogP contribution in [0, 0.1) is 12.8 Å². The maximum Gasteiger partial charge on any atom is 0.321 e. The van der Waals surface area contributed by atoms with E-state index in [2.05, 4.69) is 33.6 Å². The zero-order chi connectivity index (χ0) is 28.3. The van der Waals surface area contributed by atoms with Gasteiger partial charge in [0.15, 0.2) is 5.65 Å². The highest BCUT2D eigenvalue weighted by molar-refractivity contribution is 5.94. The molecule has 2 saturated heterocycles. The molecule has 2 aliphatic rings. The Morgan fingerprint density at radius 1 is 0.976 bits per heavy atom. The summed E-state index contributed by atoms with van der Waals surface area (Å²) in [4.78, 5) is 38.5. The largest absolute Gasteiger partial charge is 0.378 e. The van der Waals surface area contributed by atoms with E-state index >= 15 is 0 Å². The second-order valence-electron chi connectivity index (χ2n) is 10.8. The number of nitrogens with zero attached hydrogens (tertiary/aromatic N) is 5. The fourth-order valence-corrected chi connectivity index (χ4v) is 5.44. The lowest BCUT2D eigenvalue weighted by molar-refractivity contribution is 0.0302. The Morgan fingerprint density at radius 2 is 1.78 bits per heavy atom. The lowest BCUT2D eigenvalue weighted by Crippen LogP contribution is -2.40. The number of fused-ring (bicyclic) bond motifs is 1. The van der Waals surface area contributed by atoms with Crippen molar-refractivity contribution in [2.75, 3.05) is 50.0 Å². The number of pyridine rings is 2. The van der Waals surface area contributed by atoms with Gasteiger partial charge in [-0.05, 0) is 61.1 Å². The monoisotopic (exact) mass is 553 g/mol. The van der Waals surface area contributed by atoms with Crippen molar-refractivity contribution >= 4 is 34.8 Å². The number of rotatable bonds is 5. The summed E-state index contributed by atoms with van der Waals surface area (Å²) in [7, 11) is 0. The van der Waals surface area contributed by atoms with Crippen LogP contribution in [0.5, 0.6) is 0 Å². The van der Waals surface area contributed by atoms with Gasteiger partial charge in [0.05, 0.1) is 24.5 Å². The second kappa shape index (κ2) is 11.6. The first-order chi connectivity index (χ1) is 20.0. The normalized spacial score (nSPS) is 16.1. The zero-order valence-electron chi connectivity index (χ0n) is 23.5. The highest BCUT2D eigenvalue weighted by Gasteiger charge is 2.22. The van der Waals surface area contributed by atoms with Crippen LogP contribution in [0.4, 0.5) is 22.0 Å². The van der Waals surface area contributed by atoms with Gasteiger partial charge in [0.25, 0.3) is 5.91 Å². The van der Waals surface area contributed by atoms with Crippen LogP contribution in [0.3, 0.4) is 0 Å². The van der Waals surface area contributed by atoms with Gasteiger partial charge in [-0.15, -0.1) is 0 Å². The number of ether oxygens (including phenoxy) is 1. The van der Waals surface area contributed by atoms with E-state index in [0.717, 1.165) is 59.6 Å². The van der Waals surface area contributed by atoms with Gasteiger partial charge in [-0.25, -0.2) is 14.8 Å². The van der Waals surface area contributed by atoms with Gasteiger partial charge in [0.1, 0.15) is 5.82 Å². The van der Waals surface area contributed by atoms with Crippen LogP contribution in [0.1, 0.15) is 35.7 Å². The third-order valence-electron chi connectivity index (χ3n) is 8.02. The van der Waals surface area contributed by atoms with Gasteiger partial charge in [-0.3, -0.25) is 4.79 Å². The van der Waals surface area contributed by atoms with Crippen LogP contribution in [0.15, 0.2) is 61.2 Å². The molecule has 2 N–H and O–H groups in total. The van der Waals surface area contributed by atoms with E-state index in [0.29, 0.717) is 43.6 Å². The second-order valence-corrected chi connectivity index (χ2v) is 10.8. The summed E-state index contributed by atoms with van der Waals surface area (Å²) in [6.07, 6.45) is 9.37. The number of amides is 3. The summed E-state index contributed by atoms with van der Waals surface area (Å²) in [6, 6.07) is 11.6. The number of likely N-dealkylation sites (tertiary alicyclic amines) is 1.